The van der Waals surface area contributed by atoms with Crippen molar-refractivity contribution in [3.8, 4) is 11.5 Å². The molecule has 0 fully saturated rings. The SMILES string of the molecule is COc1ccc(NCc2ccc(OCC(=O)Nc3ccccc3)c(Br)c2)cc1. The molecule has 0 aliphatic carbocycles. The smallest absolute Gasteiger partial charge is 0.262 e. The standard InChI is InChI=1S/C22H21BrN2O3/c1-27-19-10-8-17(9-11-19)24-14-16-7-12-21(20(23)13-16)28-15-22(26)25-18-5-3-2-4-6-18/h2-13,24H,14-15H2,1H3,(H,25,26). The number of benzene rings is 3. The van der Waals surface area contributed by atoms with Crippen molar-refractivity contribution in [2.45, 2.75) is 6.54 Å². The lowest BCUT2D eigenvalue weighted by atomic mass is 10.2. The number of amides is 1. The molecule has 0 aliphatic heterocycles. The van der Waals surface area contributed by atoms with Crippen LogP contribution in [0.15, 0.2) is 77.3 Å². The first-order valence-corrected chi connectivity index (χ1v) is 9.57. The van der Waals surface area contributed by atoms with Crippen molar-refractivity contribution in [1.29, 1.82) is 0 Å². The second-order valence-corrected chi connectivity index (χ2v) is 6.90. The van der Waals surface area contributed by atoms with E-state index in [0.717, 1.165) is 27.2 Å². The summed E-state index contributed by atoms with van der Waals surface area (Å²) in [6.07, 6.45) is 0. The van der Waals surface area contributed by atoms with Crippen LogP contribution in [0.5, 0.6) is 11.5 Å². The van der Waals surface area contributed by atoms with Gasteiger partial charge in [-0.25, -0.2) is 0 Å². The molecule has 0 radical (unpaired) electrons. The van der Waals surface area contributed by atoms with Crippen molar-refractivity contribution < 1.29 is 14.3 Å². The lowest BCUT2D eigenvalue weighted by Gasteiger charge is -2.11. The van der Waals surface area contributed by atoms with Gasteiger partial charge >= 0.3 is 0 Å². The van der Waals surface area contributed by atoms with Crippen LogP contribution in [0.1, 0.15) is 5.56 Å². The number of rotatable bonds is 8. The molecule has 0 saturated heterocycles. The molecule has 0 aliphatic rings. The van der Waals surface area contributed by atoms with Crippen LogP contribution in [0.25, 0.3) is 0 Å². The predicted octanol–water partition coefficient (Wildman–Crippen LogP) is 5.09. The molecule has 144 valence electrons. The Balaban J connectivity index is 1.51. The lowest BCUT2D eigenvalue weighted by Crippen LogP contribution is -2.20. The maximum absolute atomic E-state index is 12.0. The first kappa shape index (κ1) is 19.8. The van der Waals surface area contributed by atoms with Gasteiger partial charge in [0.15, 0.2) is 6.61 Å². The van der Waals surface area contributed by atoms with Gasteiger partial charge in [-0.15, -0.1) is 0 Å². The Morgan fingerprint density at radius 2 is 1.71 bits per heavy atom. The molecule has 28 heavy (non-hydrogen) atoms. The first-order valence-electron chi connectivity index (χ1n) is 8.78. The van der Waals surface area contributed by atoms with Crippen molar-refractivity contribution in [2.75, 3.05) is 24.4 Å². The van der Waals surface area contributed by atoms with Crippen molar-refractivity contribution in [1.82, 2.24) is 0 Å². The molecule has 1 amide bonds. The van der Waals surface area contributed by atoms with Gasteiger partial charge in [-0.2, -0.15) is 0 Å². The van der Waals surface area contributed by atoms with Crippen LogP contribution in [-0.4, -0.2) is 19.6 Å². The van der Waals surface area contributed by atoms with Crippen LogP contribution in [-0.2, 0) is 11.3 Å². The number of carbonyl (C=O) groups is 1. The molecule has 0 saturated carbocycles. The van der Waals surface area contributed by atoms with Gasteiger partial charge in [0.2, 0.25) is 0 Å². The molecular formula is C22H21BrN2O3. The summed E-state index contributed by atoms with van der Waals surface area (Å²) in [6, 6.07) is 22.8. The van der Waals surface area contributed by atoms with Crippen LogP contribution in [0.4, 0.5) is 11.4 Å². The fourth-order valence-corrected chi connectivity index (χ4v) is 3.09. The summed E-state index contributed by atoms with van der Waals surface area (Å²) in [6.45, 7) is 0.608. The van der Waals surface area contributed by atoms with Gasteiger partial charge in [-0.1, -0.05) is 24.3 Å². The Labute approximate surface area is 172 Å². The highest BCUT2D eigenvalue weighted by Crippen LogP contribution is 2.26. The number of halogens is 1. The minimum absolute atomic E-state index is 0.0586. The maximum atomic E-state index is 12.0. The number of ether oxygens (including phenoxy) is 2. The average Bonchev–Trinajstić information content (AvgIpc) is 2.72. The number of carbonyl (C=O) groups excluding carboxylic acids is 1. The number of anilines is 2. The number of para-hydroxylation sites is 1. The molecule has 0 aromatic heterocycles. The minimum Gasteiger partial charge on any atom is -0.497 e. The molecule has 0 spiro atoms. The molecule has 0 bridgehead atoms. The first-order chi connectivity index (χ1) is 13.6. The van der Waals surface area contributed by atoms with Crippen molar-refractivity contribution in [3.05, 3.63) is 82.8 Å². The van der Waals surface area contributed by atoms with E-state index in [-0.39, 0.29) is 12.5 Å². The van der Waals surface area contributed by atoms with Crippen LogP contribution >= 0.6 is 15.9 Å². The molecule has 0 heterocycles. The normalized spacial score (nSPS) is 10.2. The fraction of sp³-hybridized carbons (Fsp3) is 0.136. The summed E-state index contributed by atoms with van der Waals surface area (Å²) < 4.78 is 11.6. The lowest BCUT2D eigenvalue weighted by molar-refractivity contribution is -0.118. The van der Waals surface area contributed by atoms with Crippen LogP contribution in [0.2, 0.25) is 0 Å². The molecular weight excluding hydrogens is 420 g/mol. The van der Waals surface area contributed by atoms with Crippen LogP contribution in [0.3, 0.4) is 0 Å². The van der Waals surface area contributed by atoms with E-state index in [4.69, 9.17) is 9.47 Å². The second-order valence-electron chi connectivity index (χ2n) is 6.05. The summed E-state index contributed by atoms with van der Waals surface area (Å²) in [4.78, 5) is 12.0. The van der Waals surface area contributed by atoms with Gasteiger partial charge in [0.1, 0.15) is 11.5 Å². The van der Waals surface area contributed by atoms with E-state index in [9.17, 15) is 4.79 Å². The highest BCUT2D eigenvalue weighted by atomic mass is 79.9. The van der Waals surface area contributed by atoms with Crippen LogP contribution < -0.4 is 20.1 Å². The molecule has 3 aromatic rings. The van der Waals surface area contributed by atoms with E-state index in [2.05, 4.69) is 26.6 Å². The maximum Gasteiger partial charge on any atom is 0.262 e. The third-order valence-corrected chi connectivity index (χ3v) is 4.62. The van der Waals surface area contributed by atoms with E-state index < -0.39 is 0 Å². The minimum atomic E-state index is -0.205. The van der Waals surface area contributed by atoms with E-state index in [0.29, 0.717) is 12.3 Å². The summed E-state index contributed by atoms with van der Waals surface area (Å²) in [5, 5.41) is 6.15. The summed E-state index contributed by atoms with van der Waals surface area (Å²) in [5.74, 6) is 1.24. The number of nitrogens with one attached hydrogen (secondary N) is 2. The predicted molar refractivity (Wildman–Crippen MR) is 115 cm³/mol. The number of methoxy groups -OCH3 is 1. The zero-order valence-electron chi connectivity index (χ0n) is 15.4. The Morgan fingerprint density at radius 3 is 2.39 bits per heavy atom. The monoisotopic (exact) mass is 440 g/mol. The van der Waals surface area contributed by atoms with E-state index in [1.807, 2.05) is 72.8 Å². The zero-order valence-corrected chi connectivity index (χ0v) is 17.0. The topological polar surface area (TPSA) is 59.6 Å². The highest BCUT2D eigenvalue weighted by Gasteiger charge is 2.07. The average molecular weight is 441 g/mol. The number of hydrogen-bond acceptors (Lipinski definition) is 4. The molecule has 3 aromatic carbocycles. The van der Waals surface area contributed by atoms with E-state index >= 15 is 0 Å². The molecule has 3 rings (SSSR count). The van der Waals surface area contributed by atoms with Gasteiger partial charge in [-0.05, 0) is 70.0 Å². The number of hydrogen-bond donors (Lipinski definition) is 2. The molecule has 0 unspecified atom stereocenters. The van der Waals surface area contributed by atoms with Crippen LogP contribution in [0, 0.1) is 0 Å². The van der Waals surface area contributed by atoms with Gasteiger partial charge < -0.3 is 20.1 Å². The summed E-state index contributed by atoms with van der Waals surface area (Å²) in [7, 11) is 1.65. The van der Waals surface area contributed by atoms with E-state index in [1.54, 1.807) is 7.11 Å². The van der Waals surface area contributed by atoms with Gasteiger partial charge in [0.25, 0.3) is 5.91 Å². The van der Waals surface area contributed by atoms with Crippen molar-refractivity contribution in [2.24, 2.45) is 0 Å². The molecule has 0 atom stereocenters. The Bertz CT molecular complexity index is 915. The van der Waals surface area contributed by atoms with Crippen molar-refractivity contribution in [3.63, 3.8) is 0 Å². The Hall–Kier alpha value is -2.99. The highest BCUT2D eigenvalue weighted by molar-refractivity contribution is 9.10. The van der Waals surface area contributed by atoms with Gasteiger partial charge in [0, 0.05) is 17.9 Å². The Morgan fingerprint density at radius 1 is 0.964 bits per heavy atom. The quantitative estimate of drug-likeness (QED) is 0.512. The summed E-state index contributed by atoms with van der Waals surface area (Å²) in [5.41, 5.74) is 2.84. The zero-order chi connectivity index (χ0) is 19.8. The molecule has 6 heteroatoms. The molecule has 2 N–H and O–H groups in total. The van der Waals surface area contributed by atoms with Gasteiger partial charge in [-0.3, -0.25) is 4.79 Å². The van der Waals surface area contributed by atoms with E-state index in [1.165, 1.54) is 0 Å². The van der Waals surface area contributed by atoms with Gasteiger partial charge in [0.05, 0.1) is 11.6 Å². The third-order valence-electron chi connectivity index (χ3n) is 4.00. The third kappa shape index (κ3) is 5.76. The largest absolute Gasteiger partial charge is 0.497 e. The van der Waals surface area contributed by atoms with Crippen molar-refractivity contribution >= 4 is 33.2 Å². The summed E-state index contributed by atoms with van der Waals surface area (Å²) >= 11 is 3.51. The molecule has 5 nitrogen and oxygen atoms in total. The Kier molecular flexibility index (Phi) is 6.92. The second kappa shape index (κ2) is 9.80. The fourth-order valence-electron chi connectivity index (χ4n) is 2.55.